The second-order valence-corrected chi connectivity index (χ2v) is 4.34. The van der Waals surface area contributed by atoms with Crippen molar-refractivity contribution in [3.05, 3.63) is 30.5 Å². The molecule has 1 saturated heterocycles. The van der Waals surface area contributed by atoms with Gasteiger partial charge in [-0.15, -0.1) is 0 Å². The van der Waals surface area contributed by atoms with E-state index < -0.39 is 0 Å². The molecule has 1 aromatic heterocycles. The van der Waals surface area contributed by atoms with E-state index in [2.05, 4.69) is 34.3 Å². The maximum Gasteiger partial charge on any atom is 0.0803 e. The van der Waals surface area contributed by atoms with Gasteiger partial charge in [-0.25, -0.2) is 0 Å². The number of ether oxygens (including phenoxy) is 1. The van der Waals surface area contributed by atoms with Gasteiger partial charge in [-0.2, -0.15) is 0 Å². The van der Waals surface area contributed by atoms with E-state index in [1.807, 2.05) is 6.07 Å². The first-order chi connectivity index (χ1) is 8.38. The summed E-state index contributed by atoms with van der Waals surface area (Å²) in [6.07, 6.45) is 2.12. The average molecular weight is 232 g/mol. The topological polar surface area (TPSA) is 46.4 Å². The Morgan fingerprint density at radius 1 is 1.35 bits per heavy atom. The fourth-order valence-corrected chi connectivity index (χ4v) is 2.18. The zero-order valence-electron chi connectivity index (χ0n) is 9.60. The van der Waals surface area contributed by atoms with E-state index in [0.717, 1.165) is 18.9 Å². The van der Waals surface area contributed by atoms with Gasteiger partial charge in [-0.1, -0.05) is 0 Å². The summed E-state index contributed by atoms with van der Waals surface area (Å²) in [6.45, 7) is 2.36. The fraction of sp³-hybridized carbons (Fsp3) is 0.385. The van der Waals surface area contributed by atoms with E-state index in [4.69, 9.17) is 9.84 Å². The molecule has 1 aliphatic heterocycles. The second kappa shape index (κ2) is 4.39. The van der Waals surface area contributed by atoms with Crippen molar-refractivity contribution in [2.45, 2.75) is 6.04 Å². The van der Waals surface area contributed by atoms with Crippen molar-refractivity contribution in [1.82, 2.24) is 4.57 Å². The normalized spacial score (nSPS) is 16.1. The Morgan fingerprint density at radius 2 is 2.24 bits per heavy atom. The van der Waals surface area contributed by atoms with E-state index in [1.165, 1.54) is 10.9 Å². The van der Waals surface area contributed by atoms with Crippen LogP contribution in [-0.4, -0.2) is 36.0 Å². The van der Waals surface area contributed by atoms with E-state index in [1.54, 1.807) is 0 Å². The Hall–Kier alpha value is -1.52. The Morgan fingerprint density at radius 3 is 2.94 bits per heavy atom. The monoisotopic (exact) mass is 232 g/mol. The molecule has 0 aliphatic carbocycles. The number of aliphatic hydroxyl groups excluding tert-OH is 1. The van der Waals surface area contributed by atoms with Crippen molar-refractivity contribution in [3.8, 4) is 0 Å². The molecule has 0 spiro atoms. The molecular formula is C13H16N2O2. The van der Waals surface area contributed by atoms with Crippen LogP contribution in [0.5, 0.6) is 0 Å². The van der Waals surface area contributed by atoms with Gasteiger partial charge in [-0.3, -0.25) is 0 Å². The summed E-state index contributed by atoms with van der Waals surface area (Å²) in [5.41, 5.74) is 2.29. The van der Waals surface area contributed by atoms with Gasteiger partial charge in [0.15, 0.2) is 0 Å². The van der Waals surface area contributed by atoms with Crippen LogP contribution in [0.15, 0.2) is 30.5 Å². The molecule has 2 N–H and O–H groups in total. The van der Waals surface area contributed by atoms with Crippen LogP contribution >= 0.6 is 0 Å². The highest BCUT2D eigenvalue weighted by Crippen LogP contribution is 2.26. The van der Waals surface area contributed by atoms with E-state index in [9.17, 15) is 0 Å². The minimum atomic E-state index is 0.151. The highest BCUT2D eigenvalue weighted by Gasteiger charge is 2.21. The Kier molecular flexibility index (Phi) is 2.74. The molecule has 2 aromatic rings. The third kappa shape index (κ3) is 1.90. The molecule has 0 unspecified atom stereocenters. The molecule has 0 amide bonds. The molecule has 1 aromatic carbocycles. The molecule has 0 atom stereocenters. The predicted octanol–water partition coefficient (Wildman–Crippen LogP) is 1.62. The maximum atomic E-state index is 8.78. The van der Waals surface area contributed by atoms with Crippen molar-refractivity contribution >= 4 is 16.6 Å². The summed E-state index contributed by atoms with van der Waals surface area (Å²) in [7, 11) is 0. The molecule has 2 heterocycles. The standard InChI is InChI=1S/C13H16N2O2/c16-6-4-14-11-1-2-13-10(7-11)3-5-15(13)12-8-17-9-12/h1-3,5,7,12,14,16H,4,6,8-9H2. The molecule has 4 nitrogen and oxygen atoms in total. The molecular weight excluding hydrogens is 216 g/mol. The van der Waals surface area contributed by atoms with Crippen LogP contribution in [0, 0.1) is 0 Å². The number of nitrogens with zero attached hydrogens (tertiary/aromatic N) is 1. The number of aromatic nitrogens is 1. The SMILES string of the molecule is OCCNc1ccc2c(ccn2C2COC2)c1. The summed E-state index contributed by atoms with van der Waals surface area (Å²) < 4.78 is 7.50. The lowest BCUT2D eigenvalue weighted by Gasteiger charge is -2.28. The van der Waals surface area contributed by atoms with Crippen molar-refractivity contribution in [2.24, 2.45) is 0 Å². The molecule has 1 fully saturated rings. The van der Waals surface area contributed by atoms with E-state index >= 15 is 0 Å². The number of benzene rings is 1. The first kappa shape index (κ1) is 10.6. The lowest BCUT2D eigenvalue weighted by Crippen LogP contribution is -2.29. The van der Waals surface area contributed by atoms with Crippen LogP contribution in [0.2, 0.25) is 0 Å². The smallest absolute Gasteiger partial charge is 0.0803 e. The quantitative estimate of drug-likeness (QED) is 0.842. The Balaban J connectivity index is 1.90. The van der Waals surface area contributed by atoms with Crippen LogP contribution in [0.1, 0.15) is 6.04 Å². The zero-order chi connectivity index (χ0) is 11.7. The van der Waals surface area contributed by atoms with Crippen LogP contribution in [0.25, 0.3) is 10.9 Å². The first-order valence-corrected chi connectivity index (χ1v) is 5.91. The molecule has 17 heavy (non-hydrogen) atoms. The molecule has 90 valence electrons. The maximum absolute atomic E-state index is 8.78. The van der Waals surface area contributed by atoms with Crippen molar-refractivity contribution in [2.75, 3.05) is 31.7 Å². The molecule has 4 heteroatoms. The lowest BCUT2D eigenvalue weighted by atomic mass is 10.2. The Labute approximate surface area is 99.8 Å². The van der Waals surface area contributed by atoms with Crippen LogP contribution in [0.4, 0.5) is 5.69 Å². The number of rotatable bonds is 4. The van der Waals surface area contributed by atoms with E-state index in [0.29, 0.717) is 12.6 Å². The number of nitrogens with one attached hydrogen (secondary N) is 1. The van der Waals surface area contributed by atoms with Gasteiger partial charge in [0.1, 0.15) is 0 Å². The van der Waals surface area contributed by atoms with Gasteiger partial charge in [0.05, 0.1) is 25.9 Å². The summed E-state index contributed by atoms with van der Waals surface area (Å²) in [5, 5.41) is 13.2. The number of hydrogen-bond donors (Lipinski definition) is 2. The minimum Gasteiger partial charge on any atom is -0.395 e. The zero-order valence-corrected chi connectivity index (χ0v) is 9.60. The minimum absolute atomic E-state index is 0.151. The van der Waals surface area contributed by atoms with Gasteiger partial charge in [0.2, 0.25) is 0 Å². The summed E-state index contributed by atoms with van der Waals surface area (Å²) in [6, 6.07) is 8.89. The lowest BCUT2D eigenvalue weighted by molar-refractivity contribution is -0.0213. The van der Waals surface area contributed by atoms with Crippen LogP contribution in [-0.2, 0) is 4.74 Å². The van der Waals surface area contributed by atoms with Crippen LogP contribution < -0.4 is 5.32 Å². The van der Waals surface area contributed by atoms with E-state index in [-0.39, 0.29) is 6.61 Å². The number of anilines is 1. The van der Waals surface area contributed by atoms with Gasteiger partial charge >= 0.3 is 0 Å². The predicted molar refractivity (Wildman–Crippen MR) is 67.4 cm³/mol. The van der Waals surface area contributed by atoms with Crippen molar-refractivity contribution < 1.29 is 9.84 Å². The number of fused-ring (bicyclic) bond motifs is 1. The number of hydrogen-bond acceptors (Lipinski definition) is 3. The van der Waals surface area contributed by atoms with Gasteiger partial charge < -0.3 is 19.7 Å². The first-order valence-electron chi connectivity index (χ1n) is 5.91. The highest BCUT2D eigenvalue weighted by atomic mass is 16.5. The highest BCUT2D eigenvalue weighted by molar-refractivity contribution is 5.84. The molecule has 3 rings (SSSR count). The largest absolute Gasteiger partial charge is 0.395 e. The summed E-state index contributed by atoms with van der Waals surface area (Å²) in [4.78, 5) is 0. The molecule has 0 saturated carbocycles. The Bertz CT molecular complexity index is 517. The molecule has 0 radical (unpaired) electrons. The second-order valence-electron chi connectivity index (χ2n) is 4.34. The molecule has 0 bridgehead atoms. The average Bonchev–Trinajstić information content (AvgIpc) is 2.68. The number of aliphatic hydroxyl groups is 1. The van der Waals surface area contributed by atoms with Crippen molar-refractivity contribution in [3.63, 3.8) is 0 Å². The van der Waals surface area contributed by atoms with Gasteiger partial charge in [0, 0.05) is 29.3 Å². The summed E-state index contributed by atoms with van der Waals surface area (Å²) >= 11 is 0. The van der Waals surface area contributed by atoms with Crippen molar-refractivity contribution in [1.29, 1.82) is 0 Å². The molecule has 1 aliphatic rings. The van der Waals surface area contributed by atoms with Gasteiger partial charge in [0.25, 0.3) is 0 Å². The summed E-state index contributed by atoms with van der Waals surface area (Å²) in [5.74, 6) is 0. The fourth-order valence-electron chi connectivity index (χ4n) is 2.18. The third-order valence-corrected chi connectivity index (χ3v) is 3.18. The third-order valence-electron chi connectivity index (χ3n) is 3.18. The van der Waals surface area contributed by atoms with Crippen LogP contribution in [0.3, 0.4) is 0 Å². The van der Waals surface area contributed by atoms with Gasteiger partial charge in [-0.05, 0) is 24.3 Å².